The molecule has 0 aliphatic carbocycles. The van der Waals surface area contributed by atoms with Gasteiger partial charge in [0.1, 0.15) is 6.10 Å². The monoisotopic (exact) mass is 646 g/mol. The average Bonchev–Trinajstić information content (AvgIpc) is 3.06. The fourth-order valence-corrected chi connectivity index (χ4v) is 5.54. The zero-order valence-electron chi connectivity index (χ0n) is 30.2. The molecule has 3 unspecified atom stereocenters. The first kappa shape index (κ1) is 44.3. The Bertz CT molecular complexity index is 760. The highest BCUT2D eigenvalue weighted by atomic mass is 16.3. The minimum Gasteiger partial charge on any atom is -0.394 e. The van der Waals surface area contributed by atoms with Crippen LogP contribution in [0.15, 0.2) is 48.6 Å². The van der Waals surface area contributed by atoms with Gasteiger partial charge in [0.05, 0.1) is 18.8 Å². The summed E-state index contributed by atoms with van der Waals surface area (Å²) in [6, 6.07) is -0.820. The van der Waals surface area contributed by atoms with Gasteiger partial charge in [-0.05, 0) is 57.8 Å². The molecular formula is C41H75NO4. The molecule has 0 bridgehead atoms. The fourth-order valence-electron chi connectivity index (χ4n) is 5.54. The van der Waals surface area contributed by atoms with E-state index in [1.54, 1.807) is 6.08 Å². The third kappa shape index (κ3) is 30.9. The van der Waals surface area contributed by atoms with Crippen LogP contribution in [0.3, 0.4) is 0 Å². The minimum absolute atomic E-state index is 0.383. The van der Waals surface area contributed by atoms with E-state index < -0.39 is 24.2 Å². The zero-order chi connectivity index (χ0) is 33.8. The first-order valence-corrected chi connectivity index (χ1v) is 19.5. The quantitative estimate of drug-likeness (QED) is 0.0318. The van der Waals surface area contributed by atoms with Crippen molar-refractivity contribution >= 4 is 5.91 Å². The summed E-state index contributed by atoms with van der Waals surface area (Å²) in [7, 11) is 0. The van der Waals surface area contributed by atoms with Gasteiger partial charge in [-0.15, -0.1) is 0 Å². The van der Waals surface area contributed by atoms with Crippen molar-refractivity contribution in [1.29, 1.82) is 0 Å². The van der Waals surface area contributed by atoms with Gasteiger partial charge in [0.25, 0.3) is 0 Å². The smallest absolute Gasteiger partial charge is 0.249 e. The summed E-state index contributed by atoms with van der Waals surface area (Å²) in [6.07, 6.45) is 45.6. The lowest BCUT2D eigenvalue weighted by Crippen LogP contribution is -2.48. The number of allylic oxidation sites excluding steroid dienone is 7. The van der Waals surface area contributed by atoms with Gasteiger partial charge in [-0.1, -0.05) is 172 Å². The lowest BCUT2D eigenvalue weighted by molar-refractivity contribution is -0.131. The second-order valence-electron chi connectivity index (χ2n) is 13.2. The maximum absolute atomic E-state index is 12.4. The summed E-state index contributed by atoms with van der Waals surface area (Å²) in [5.74, 6) is -0.528. The molecule has 0 aliphatic rings. The molecule has 1 amide bonds. The standard InChI is InChI=1S/C41H75NO4/c1-3-5-7-9-11-13-15-17-19-20-21-22-24-25-27-29-31-33-35-39(44)38(37-43)42-41(46)40(45)36-34-32-30-28-26-23-18-16-14-12-10-8-6-4-2/h12,14,16,18,25,27,33,35,38-40,43-45H,3-11,13,15,17,19-24,26,28-32,34,36-37H2,1-2H3,(H,42,46)/b14-12-,18-16-,27-25+,35-33+. The molecule has 0 aromatic heterocycles. The van der Waals surface area contributed by atoms with Crippen LogP contribution in [0, 0.1) is 0 Å². The minimum atomic E-state index is -1.12. The van der Waals surface area contributed by atoms with Crippen LogP contribution in [0.5, 0.6) is 0 Å². The molecule has 46 heavy (non-hydrogen) atoms. The van der Waals surface area contributed by atoms with Crippen molar-refractivity contribution in [2.45, 2.75) is 199 Å². The highest BCUT2D eigenvalue weighted by molar-refractivity contribution is 5.80. The summed E-state index contributed by atoms with van der Waals surface area (Å²) in [6.45, 7) is 4.11. The van der Waals surface area contributed by atoms with Gasteiger partial charge in [-0.3, -0.25) is 4.79 Å². The lowest BCUT2D eigenvalue weighted by Gasteiger charge is -2.21. The van der Waals surface area contributed by atoms with Crippen LogP contribution in [0.4, 0.5) is 0 Å². The number of carbonyl (C=O) groups is 1. The number of aliphatic hydroxyl groups is 3. The largest absolute Gasteiger partial charge is 0.394 e. The Morgan fingerprint density at radius 3 is 1.50 bits per heavy atom. The van der Waals surface area contributed by atoms with Gasteiger partial charge in [-0.2, -0.15) is 0 Å². The first-order chi connectivity index (χ1) is 22.6. The molecule has 0 fully saturated rings. The summed E-state index contributed by atoms with van der Waals surface area (Å²) < 4.78 is 0. The van der Waals surface area contributed by atoms with Gasteiger partial charge in [-0.25, -0.2) is 0 Å². The van der Waals surface area contributed by atoms with Crippen molar-refractivity contribution in [1.82, 2.24) is 5.32 Å². The van der Waals surface area contributed by atoms with E-state index in [9.17, 15) is 20.1 Å². The van der Waals surface area contributed by atoms with Crippen LogP contribution >= 0.6 is 0 Å². The Morgan fingerprint density at radius 1 is 0.543 bits per heavy atom. The number of aliphatic hydroxyl groups excluding tert-OH is 3. The highest BCUT2D eigenvalue weighted by Crippen LogP contribution is 2.13. The number of carbonyl (C=O) groups excluding carboxylic acids is 1. The van der Waals surface area contributed by atoms with Gasteiger partial charge >= 0.3 is 0 Å². The SMILES string of the molecule is CCCCC/C=C\C=C/CCCCCCCC(O)C(=O)NC(CO)C(O)/C=C/CC/C=C/CCCCCCCCCCCCCC. The molecule has 5 heteroatoms. The number of hydrogen-bond donors (Lipinski definition) is 4. The fraction of sp³-hybridized carbons (Fsp3) is 0.780. The number of nitrogens with one attached hydrogen (secondary N) is 1. The Kier molecular flexibility index (Phi) is 34.8. The van der Waals surface area contributed by atoms with Crippen LogP contribution in [-0.2, 0) is 4.79 Å². The molecule has 0 spiro atoms. The molecule has 0 aromatic carbocycles. The molecule has 5 nitrogen and oxygen atoms in total. The highest BCUT2D eigenvalue weighted by Gasteiger charge is 2.22. The Balaban J connectivity index is 3.81. The van der Waals surface area contributed by atoms with Crippen LogP contribution in [0.2, 0.25) is 0 Å². The molecule has 0 radical (unpaired) electrons. The number of unbranched alkanes of at least 4 members (excludes halogenated alkanes) is 21. The van der Waals surface area contributed by atoms with E-state index in [1.807, 2.05) is 6.08 Å². The third-order valence-corrected chi connectivity index (χ3v) is 8.67. The second kappa shape index (κ2) is 36.2. The topological polar surface area (TPSA) is 89.8 Å². The van der Waals surface area contributed by atoms with Crippen LogP contribution in [0.25, 0.3) is 0 Å². The molecule has 0 saturated heterocycles. The second-order valence-corrected chi connectivity index (χ2v) is 13.2. The molecule has 268 valence electrons. The first-order valence-electron chi connectivity index (χ1n) is 19.5. The number of amides is 1. The molecule has 3 atom stereocenters. The summed E-state index contributed by atoms with van der Waals surface area (Å²) >= 11 is 0. The van der Waals surface area contributed by atoms with Crippen molar-refractivity contribution in [3.63, 3.8) is 0 Å². The lowest BCUT2D eigenvalue weighted by atomic mass is 10.0. The maximum atomic E-state index is 12.4. The van der Waals surface area contributed by atoms with E-state index >= 15 is 0 Å². The van der Waals surface area contributed by atoms with Crippen LogP contribution in [0.1, 0.15) is 181 Å². The van der Waals surface area contributed by atoms with Crippen molar-refractivity contribution in [3.05, 3.63) is 48.6 Å². The van der Waals surface area contributed by atoms with E-state index in [4.69, 9.17) is 0 Å². The van der Waals surface area contributed by atoms with E-state index in [1.165, 1.54) is 96.3 Å². The predicted molar refractivity (Wildman–Crippen MR) is 199 cm³/mol. The van der Waals surface area contributed by atoms with Crippen molar-refractivity contribution < 1.29 is 20.1 Å². The van der Waals surface area contributed by atoms with E-state index in [0.717, 1.165) is 64.2 Å². The van der Waals surface area contributed by atoms with Gasteiger partial charge < -0.3 is 20.6 Å². The molecule has 0 rings (SSSR count). The molecule has 0 heterocycles. The van der Waals surface area contributed by atoms with E-state index in [2.05, 4.69) is 55.6 Å². The summed E-state index contributed by atoms with van der Waals surface area (Å²) in [5.41, 5.74) is 0. The maximum Gasteiger partial charge on any atom is 0.249 e. The Morgan fingerprint density at radius 2 is 0.957 bits per heavy atom. The van der Waals surface area contributed by atoms with Gasteiger partial charge in [0, 0.05) is 0 Å². The summed E-state index contributed by atoms with van der Waals surface area (Å²) in [4.78, 5) is 12.4. The Hall–Kier alpha value is -1.69. The zero-order valence-corrected chi connectivity index (χ0v) is 30.2. The van der Waals surface area contributed by atoms with Crippen molar-refractivity contribution in [3.8, 4) is 0 Å². The molecule has 4 N–H and O–H groups in total. The average molecular weight is 646 g/mol. The van der Waals surface area contributed by atoms with Crippen LogP contribution in [-0.4, -0.2) is 46.1 Å². The van der Waals surface area contributed by atoms with Gasteiger partial charge in [0.2, 0.25) is 5.91 Å². The van der Waals surface area contributed by atoms with Crippen molar-refractivity contribution in [2.75, 3.05) is 6.61 Å². The van der Waals surface area contributed by atoms with E-state index in [0.29, 0.717) is 6.42 Å². The Labute approximate surface area is 285 Å². The molecular weight excluding hydrogens is 570 g/mol. The van der Waals surface area contributed by atoms with Crippen molar-refractivity contribution in [2.24, 2.45) is 0 Å². The number of rotatable bonds is 34. The summed E-state index contributed by atoms with van der Waals surface area (Å²) in [5, 5.41) is 33.0. The predicted octanol–water partition coefficient (Wildman–Crippen LogP) is 10.6. The molecule has 0 aliphatic heterocycles. The van der Waals surface area contributed by atoms with E-state index in [-0.39, 0.29) is 6.61 Å². The molecule has 0 aromatic rings. The molecule has 0 saturated carbocycles. The van der Waals surface area contributed by atoms with Gasteiger partial charge in [0.15, 0.2) is 0 Å². The van der Waals surface area contributed by atoms with Crippen LogP contribution < -0.4 is 5.32 Å². The number of hydrogen-bond acceptors (Lipinski definition) is 4. The normalized spacial score (nSPS) is 14.3. The third-order valence-electron chi connectivity index (χ3n) is 8.67.